The lowest BCUT2D eigenvalue weighted by molar-refractivity contribution is 0.261. The molecule has 1 aromatic heterocycles. The minimum Gasteiger partial charge on any atom is -0.388 e. The van der Waals surface area contributed by atoms with Gasteiger partial charge in [-0.15, -0.1) is 0 Å². The average molecular weight is 214 g/mol. The van der Waals surface area contributed by atoms with Crippen LogP contribution in [0.2, 0.25) is 0 Å². The molecule has 0 radical (unpaired) electrons. The first-order valence-electron chi connectivity index (χ1n) is 4.61. The number of aliphatic hydroxyl groups is 1. The molecule has 1 atom stereocenters. The fourth-order valence-electron chi connectivity index (χ4n) is 1.49. The second kappa shape index (κ2) is 4.29. The van der Waals surface area contributed by atoms with Crippen LogP contribution in [0.15, 0.2) is 0 Å². The summed E-state index contributed by atoms with van der Waals surface area (Å²) in [6.45, 7) is 0.995. The summed E-state index contributed by atoms with van der Waals surface area (Å²) in [4.78, 5) is 6.48. The van der Waals surface area contributed by atoms with Gasteiger partial charge in [-0.25, -0.2) is 4.98 Å². The largest absolute Gasteiger partial charge is 0.388 e. The molecule has 1 unspecified atom stereocenters. The van der Waals surface area contributed by atoms with E-state index in [0.717, 1.165) is 18.1 Å². The van der Waals surface area contributed by atoms with Gasteiger partial charge in [-0.2, -0.15) is 16.9 Å². The molecule has 5 nitrogen and oxygen atoms in total. The van der Waals surface area contributed by atoms with Gasteiger partial charge in [0.15, 0.2) is 5.82 Å². The predicted octanol–water partition coefficient (Wildman–Crippen LogP) is 0.0167. The van der Waals surface area contributed by atoms with Crippen LogP contribution in [0.1, 0.15) is 17.7 Å². The topological polar surface area (TPSA) is 65.0 Å². The van der Waals surface area contributed by atoms with Crippen LogP contribution in [-0.2, 0) is 6.61 Å². The SMILES string of the molecule is CN1CCSCC1c1n[nH]c(CO)n1. The maximum atomic E-state index is 8.86. The number of aliphatic hydroxyl groups excluding tert-OH is 1. The molecule has 2 rings (SSSR count). The van der Waals surface area contributed by atoms with E-state index < -0.39 is 0 Å². The Bertz CT molecular complexity index is 303. The van der Waals surface area contributed by atoms with Gasteiger partial charge in [0, 0.05) is 18.1 Å². The second-order valence-electron chi connectivity index (χ2n) is 3.37. The third kappa shape index (κ3) is 1.92. The molecule has 0 saturated carbocycles. The molecule has 14 heavy (non-hydrogen) atoms. The number of nitrogens with one attached hydrogen (secondary N) is 1. The van der Waals surface area contributed by atoms with Crippen LogP contribution in [0.4, 0.5) is 0 Å². The van der Waals surface area contributed by atoms with E-state index in [-0.39, 0.29) is 12.6 Å². The Labute approximate surface area is 86.9 Å². The van der Waals surface area contributed by atoms with E-state index in [2.05, 4.69) is 27.1 Å². The molecular weight excluding hydrogens is 200 g/mol. The quantitative estimate of drug-likeness (QED) is 0.726. The van der Waals surface area contributed by atoms with Gasteiger partial charge in [-0.05, 0) is 7.05 Å². The third-order valence-electron chi connectivity index (χ3n) is 2.39. The van der Waals surface area contributed by atoms with Crippen molar-refractivity contribution < 1.29 is 5.11 Å². The molecule has 0 spiro atoms. The molecule has 2 heterocycles. The van der Waals surface area contributed by atoms with E-state index >= 15 is 0 Å². The molecule has 0 bridgehead atoms. The third-order valence-corrected chi connectivity index (χ3v) is 3.42. The second-order valence-corrected chi connectivity index (χ2v) is 4.52. The van der Waals surface area contributed by atoms with Gasteiger partial charge >= 0.3 is 0 Å². The monoisotopic (exact) mass is 214 g/mol. The summed E-state index contributed by atoms with van der Waals surface area (Å²) in [5.41, 5.74) is 0. The van der Waals surface area contributed by atoms with Crippen LogP contribution in [0.5, 0.6) is 0 Å². The molecular formula is C8H14N4OS. The Morgan fingerprint density at radius 3 is 3.21 bits per heavy atom. The Kier molecular flexibility index (Phi) is 3.05. The normalized spacial score (nSPS) is 24.0. The zero-order valence-corrected chi connectivity index (χ0v) is 8.92. The van der Waals surface area contributed by atoms with Gasteiger partial charge < -0.3 is 5.11 Å². The van der Waals surface area contributed by atoms with Crippen LogP contribution in [0, 0.1) is 0 Å². The van der Waals surface area contributed by atoms with Crippen molar-refractivity contribution in [2.45, 2.75) is 12.6 Å². The van der Waals surface area contributed by atoms with Crippen molar-refractivity contribution in [3.63, 3.8) is 0 Å². The molecule has 6 heteroatoms. The van der Waals surface area contributed by atoms with Gasteiger partial charge in [0.2, 0.25) is 0 Å². The number of rotatable bonds is 2. The molecule has 78 valence electrons. The van der Waals surface area contributed by atoms with Crippen LogP contribution >= 0.6 is 11.8 Å². The van der Waals surface area contributed by atoms with E-state index in [1.165, 1.54) is 5.75 Å². The summed E-state index contributed by atoms with van der Waals surface area (Å²) < 4.78 is 0. The first-order valence-corrected chi connectivity index (χ1v) is 5.76. The summed E-state index contributed by atoms with van der Waals surface area (Å²) >= 11 is 1.92. The van der Waals surface area contributed by atoms with E-state index in [4.69, 9.17) is 5.11 Å². The van der Waals surface area contributed by atoms with Crippen molar-refractivity contribution in [3.8, 4) is 0 Å². The van der Waals surface area contributed by atoms with Crippen LogP contribution in [0.25, 0.3) is 0 Å². The minimum absolute atomic E-state index is 0.0728. The molecule has 1 saturated heterocycles. The van der Waals surface area contributed by atoms with Crippen molar-refractivity contribution in [3.05, 3.63) is 11.6 Å². The summed E-state index contributed by atoms with van der Waals surface area (Å²) in [5, 5.41) is 15.7. The lowest BCUT2D eigenvalue weighted by Crippen LogP contribution is -2.33. The molecule has 0 aliphatic carbocycles. The highest BCUT2D eigenvalue weighted by atomic mass is 32.2. The van der Waals surface area contributed by atoms with Gasteiger partial charge in [-0.3, -0.25) is 10.00 Å². The fourth-order valence-corrected chi connectivity index (χ4v) is 2.70. The number of hydrogen-bond donors (Lipinski definition) is 2. The van der Waals surface area contributed by atoms with Crippen molar-refractivity contribution in [1.82, 2.24) is 20.1 Å². The van der Waals surface area contributed by atoms with Gasteiger partial charge in [0.25, 0.3) is 0 Å². The smallest absolute Gasteiger partial charge is 0.168 e. The predicted molar refractivity (Wildman–Crippen MR) is 55.0 cm³/mol. The van der Waals surface area contributed by atoms with Gasteiger partial charge in [0.05, 0.1) is 6.04 Å². The fraction of sp³-hybridized carbons (Fsp3) is 0.750. The minimum atomic E-state index is -0.0728. The average Bonchev–Trinajstić information content (AvgIpc) is 2.67. The first kappa shape index (κ1) is 9.95. The highest BCUT2D eigenvalue weighted by Crippen LogP contribution is 2.25. The molecule has 0 amide bonds. The summed E-state index contributed by atoms with van der Waals surface area (Å²) in [5.74, 6) is 3.54. The lowest BCUT2D eigenvalue weighted by Gasteiger charge is -2.29. The van der Waals surface area contributed by atoms with Crippen LogP contribution < -0.4 is 0 Å². The zero-order chi connectivity index (χ0) is 9.97. The first-order chi connectivity index (χ1) is 6.81. The number of aromatic amines is 1. The molecule has 1 aliphatic heterocycles. The number of hydrogen-bond acceptors (Lipinski definition) is 5. The van der Waals surface area contributed by atoms with Crippen molar-refractivity contribution in [1.29, 1.82) is 0 Å². The van der Waals surface area contributed by atoms with Crippen LogP contribution in [0.3, 0.4) is 0 Å². The van der Waals surface area contributed by atoms with Crippen molar-refractivity contribution in [2.24, 2.45) is 0 Å². The summed E-state index contributed by atoms with van der Waals surface area (Å²) in [6, 6.07) is 0.283. The molecule has 0 aromatic carbocycles. The number of nitrogens with zero attached hydrogens (tertiary/aromatic N) is 3. The zero-order valence-electron chi connectivity index (χ0n) is 8.10. The Balaban J connectivity index is 2.12. The Hall–Kier alpha value is -0.590. The molecule has 2 N–H and O–H groups in total. The highest BCUT2D eigenvalue weighted by molar-refractivity contribution is 7.99. The Morgan fingerprint density at radius 2 is 2.57 bits per heavy atom. The maximum Gasteiger partial charge on any atom is 0.168 e. The molecule has 1 aliphatic rings. The van der Waals surface area contributed by atoms with E-state index in [1.807, 2.05) is 11.8 Å². The summed E-state index contributed by atoms with van der Waals surface area (Å²) in [7, 11) is 2.08. The maximum absolute atomic E-state index is 8.86. The lowest BCUT2D eigenvalue weighted by atomic mass is 10.3. The van der Waals surface area contributed by atoms with Crippen molar-refractivity contribution >= 4 is 11.8 Å². The van der Waals surface area contributed by atoms with Crippen LogP contribution in [-0.4, -0.2) is 50.3 Å². The summed E-state index contributed by atoms with van der Waals surface area (Å²) in [6.07, 6.45) is 0. The Morgan fingerprint density at radius 1 is 1.71 bits per heavy atom. The van der Waals surface area contributed by atoms with E-state index in [1.54, 1.807) is 0 Å². The van der Waals surface area contributed by atoms with E-state index in [9.17, 15) is 0 Å². The number of aromatic nitrogens is 3. The van der Waals surface area contributed by atoms with Gasteiger partial charge in [-0.1, -0.05) is 0 Å². The standard InChI is InChI=1S/C8H14N4OS/c1-12-2-3-14-5-6(12)8-9-7(4-13)10-11-8/h6,13H,2-5H2,1H3,(H,9,10,11). The highest BCUT2D eigenvalue weighted by Gasteiger charge is 2.24. The molecule has 1 fully saturated rings. The van der Waals surface area contributed by atoms with E-state index in [0.29, 0.717) is 5.82 Å². The number of thioether (sulfide) groups is 1. The molecule has 1 aromatic rings. The van der Waals surface area contributed by atoms with Gasteiger partial charge in [0.1, 0.15) is 12.4 Å². The number of H-pyrrole nitrogens is 1. The van der Waals surface area contributed by atoms with Crippen molar-refractivity contribution in [2.75, 3.05) is 25.1 Å².